The fraction of sp³-hybridized carbons (Fsp3) is 0.765. The number of carbonyl (C=O) groups is 1. The van der Waals surface area contributed by atoms with E-state index in [1.165, 1.54) is 0 Å². The lowest BCUT2D eigenvalue weighted by atomic mass is 9.75. The first-order valence-corrected chi connectivity index (χ1v) is 8.81. The average molecular weight is 335 g/mol. The van der Waals surface area contributed by atoms with E-state index in [4.69, 9.17) is 14.0 Å². The number of amides is 1. The van der Waals surface area contributed by atoms with Crippen LogP contribution in [0.5, 0.6) is 0 Å². The van der Waals surface area contributed by atoms with Gasteiger partial charge in [-0.05, 0) is 19.8 Å². The summed E-state index contributed by atoms with van der Waals surface area (Å²) in [5.74, 6) is 1.07. The Morgan fingerprint density at radius 2 is 2.17 bits per heavy atom. The SMILES string of the molecule is Cc1cc(CN2CC[C@H]3OCC[C@@]3(C(=O)N3CCOCC3)C2)no1. The largest absolute Gasteiger partial charge is 0.378 e. The minimum atomic E-state index is -0.408. The van der Waals surface area contributed by atoms with Gasteiger partial charge in [0.1, 0.15) is 5.76 Å². The molecule has 4 heterocycles. The van der Waals surface area contributed by atoms with Crippen molar-refractivity contribution in [3.63, 3.8) is 0 Å². The number of hydrogen-bond acceptors (Lipinski definition) is 6. The van der Waals surface area contributed by atoms with Crippen molar-refractivity contribution < 1.29 is 18.8 Å². The zero-order valence-corrected chi connectivity index (χ0v) is 14.2. The number of ether oxygens (including phenoxy) is 2. The Balaban J connectivity index is 1.51. The third-order valence-corrected chi connectivity index (χ3v) is 5.48. The second-order valence-electron chi connectivity index (χ2n) is 7.10. The quantitative estimate of drug-likeness (QED) is 0.815. The molecule has 3 saturated heterocycles. The van der Waals surface area contributed by atoms with Crippen LogP contribution in [-0.4, -0.2) is 73.0 Å². The molecule has 1 aromatic rings. The van der Waals surface area contributed by atoms with Gasteiger partial charge in [-0.25, -0.2) is 0 Å². The summed E-state index contributed by atoms with van der Waals surface area (Å²) >= 11 is 0. The molecule has 3 fully saturated rings. The van der Waals surface area contributed by atoms with Gasteiger partial charge in [-0.2, -0.15) is 0 Å². The first kappa shape index (κ1) is 16.1. The van der Waals surface area contributed by atoms with Crippen LogP contribution in [0, 0.1) is 12.3 Å². The molecule has 1 aromatic heterocycles. The molecule has 7 nitrogen and oxygen atoms in total. The van der Waals surface area contributed by atoms with Crippen LogP contribution >= 0.6 is 0 Å². The molecule has 0 unspecified atom stereocenters. The van der Waals surface area contributed by atoms with Gasteiger partial charge in [-0.3, -0.25) is 9.69 Å². The molecule has 3 aliphatic rings. The molecule has 2 atom stereocenters. The van der Waals surface area contributed by atoms with Crippen molar-refractivity contribution >= 4 is 5.91 Å². The van der Waals surface area contributed by atoms with Gasteiger partial charge in [-0.15, -0.1) is 0 Å². The van der Waals surface area contributed by atoms with Crippen LogP contribution in [0.2, 0.25) is 0 Å². The summed E-state index contributed by atoms with van der Waals surface area (Å²) in [4.78, 5) is 17.6. The number of likely N-dealkylation sites (tertiary alicyclic amines) is 1. The highest BCUT2D eigenvalue weighted by atomic mass is 16.5. The number of hydrogen-bond donors (Lipinski definition) is 0. The predicted molar refractivity (Wildman–Crippen MR) is 85.3 cm³/mol. The zero-order chi connectivity index (χ0) is 16.6. The smallest absolute Gasteiger partial charge is 0.232 e. The topological polar surface area (TPSA) is 68.0 Å². The summed E-state index contributed by atoms with van der Waals surface area (Å²) in [5, 5.41) is 4.09. The molecule has 1 amide bonds. The Bertz CT molecular complexity index is 598. The van der Waals surface area contributed by atoms with E-state index in [9.17, 15) is 4.79 Å². The van der Waals surface area contributed by atoms with E-state index >= 15 is 0 Å². The number of rotatable bonds is 3. The molecule has 0 N–H and O–H groups in total. The lowest BCUT2D eigenvalue weighted by Crippen LogP contribution is -2.59. The van der Waals surface area contributed by atoms with Gasteiger partial charge < -0.3 is 18.9 Å². The van der Waals surface area contributed by atoms with Crippen LogP contribution in [-0.2, 0) is 20.8 Å². The van der Waals surface area contributed by atoms with Crippen molar-refractivity contribution in [1.82, 2.24) is 15.0 Å². The van der Waals surface area contributed by atoms with E-state index in [2.05, 4.69) is 10.1 Å². The maximum Gasteiger partial charge on any atom is 0.232 e. The fourth-order valence-electron chi connectivity index (χ4n) is 4.27. The van der Waals surface area contributed by atoms with Gasteiger partial charge in [0.05, 0.1) is 30.4 Å². The molecule has 4 rings (SSSR count). The monoisotopic (exact) mass is 335 g/mol. The van der Waals surface area contributed by atoms with Gasteiger partial charge in [-0.1, -0.05) is 5.16 Å². The number of aromatic nitrogens is 1. The molecule has 0 radical (unpaired) electrons. The van der Waals surface area contributed by atoms with Crippen LogP contribution in [0.1, 0.15) is 24.3 Å². The number of carbonyl (C=O) groups excluding carboxylic acids is 1. The van der Waals surface area contributed by atoms with Crippen LogP contribution in [0.3, 0.4) is 0 Å². The summed E-state index contributed by atoms with van der Waals surface area (Å²) in [7, 11) is 0. The molecule has 0 saturated carbocycles. The Kier molecular flexibility index (Phi) is 4.32. The number of morpholine rings is 1. The van der Waals surface area contributed by atoms with Crippen molar-refractivity contribution in [2.45, 2.75) is 32.4 Å². The molecule has 0 aromatic carbocycles. The van der Waals surface area contributed by atoms with Crippen LogP contribution in [0.15, 0.2) is 10.6 Å². The second-order valence-corrected chi connectivity index (χ2v) is 7.10. The third-order valence-electron chi connectivity index (χ3n) is 5.48. The average Bonchev–Trinajstić information content (AvgIpc) is 3.21. The maximum atomic E-state index is 13.3. The Morgan fingerprint density at radius 3 is 2.92 bits per heavy atom. The summed E-state index contributed by atoms with van der Waals surface area (Å²) in [5.41, 5.74) is 0.521. The second kappa shape index (κ2) is 6.46. The van der Waals surface area contributed by atoms with Crippen LogP contribution in [0.25, 0.3) is 0 Å². The number of piperidine rings is 1. The summed E-state index contributed by atoms with van der Waals surface area (Å²) in [6, 6.07) is 1.97. The van der Waals surface area contributed by atoms with Crippen molar-refractivity contribution in [1.29, 1.82) is 0 Å². The lowest BCUT2D eigenvalue weighted by molar-refractivity contribution is -0.154. The number of aryl methyl sites for hydroxylation is 1. The van der Waals surface area contributed by atoms with Gasteiger partial charge in [0.15, 0.2) is 0 Å². The Hall–Kier alpha value is -1.44. The van der Waals surface area contributed by atoms with E-state index in [0.717, 1.165) is 43.9 Å². The fourth-order valence-corrected chi connectivity index (χ4v) is 4.27. The molecule has 0 bridgehead atoms. The number of nitrogens with zero attached hydrogens (tertiary/aromatic N) is 3. The predicted octanol–water partition coefficient (Wildman–Crippen LogP) is 0.823. The van der Waals surface area contributed by atoms with Gasteiger partial charge in [0.2, 0.25) is 5.91 Å². The summed E-state index contributed by atoms with van der Waals surface area (Å²) < 4.78 is 16.5. The summed E-state index contributed by atoms with van der Waals surface area (Å²) in [6.45, 7) is 7.61. The van der Waals surface area contributed by atoms with Gasteiger partial charge in [0.25, 0.3) is 0 Å². The van der Waals surface area contributed by atoms with Crippen molar-refractivity contribution in [2.24, 2.45) is 5.41 Å². The van der Waals surface area contributed by atoms with Gasteiger partial charge in [0, 0.05) is 45.4 Å². The molecular formula is C17H25N3O4. The van der Waals surface area contributed by atoms with E-state index in [0.29, 0.717) is 32.9 Å². The molecule has 0 aliphatic carbocycles. The molecule has 24 heavy (non-hydrogen) atoms. The Labute approximate surface area is 141 Å². The number of fused-ring (bicyclic) bond motifs is 1. The van der Waals surface area contributed by atoms with Crippen LogP contribution < -0.4 is 0 Å². The minimum absolute atomic E-state index is 0.0446. The zero-order valence-electron chi connectivity index (χ0n) is 14.2. The Morgan fingerprint density at radius 1 is 1.33 bits per heavy atom. The van der Waals surface area contributed by atoms with E-state index in [1.54, 1.807) is 0 Å². The van der Waals surface area contributed by atoms with E-state index in [-0.39, 0.29) is 12.0 Å². The van der Waals surface area contributed by atoms with Crippen molar-refractivity contribution in [2.75, 3.05) is 46.0 Å². The highest BCUT2D eigenvalue weighted by Gasteiger charge is 2.54. The molecule has 7 heteroatoms. The molecule has 132 valence electrons. The van der Waals surface area contributed by atoms with Crippen molar-refractivity contribution in [3.8, 4) is 0 Å². The third kappa shape index (κ3) is 2.85. The van der Waals surface area contributed by atoms with Crippen LogP contribution in [0.4, 0.5) is 0 Å². The highest BCUT2D eigenvalue weighted by molar-refractivity contribution is 5.84. The molecule has 0 spiro atoms. The van der Waals surface area contributed by atoms with Crippen molar-refractivity contribution in [3.05, 3.63) is 17.5 Å². The first-order valence-electron chi connectivity index (χ1n) is 8.81. The standard InChI is InChI=1S/C17H25N3O4/c1-13-10-14(18-24-13)11-19-4-2-15-17(12-19,3-7-23-15)16(21)20-5-8-22-9-6-20/h10,15H,2-9,11-12H2,1H3/t15-,17-/m1/s1. The normalized spacial score (nSPS) is 31.2. The molecule has 3 aliphatic heterocycles. The lowest BCUT2D eigenvalue weighted by Gasteiger charge is -2.45. The minimum Gasteiger partial charge on any atom is -0.378 e. The maximum absolute atomic E-state index is 13.3. The van der Waals surface area contributed by atoms with E-state index in [1.807, 2.05) is 17.9 Å². The first-order chi connectivity index (χ1) is 11.7. The van der Waals surface area contributed by atoms with Gasteiger partial charge >= 0.3 is 0 Å². The highest BCUT2D eigenvalue weighted by Crippen LogP contribution is 2.42. The molecular weight excluding hydrogens is 310 g/mol. The summed E-state index contributed by atoms with van der Waals surface area (Å²) in [6.07, 6.45) is 1.75. The van der Waals surface area contributed by atoms with E-state index < -0.39 is 5.41 Å².